The first kappa shape index (κ1) is 16.2. The Morgan fingerprint density at radius 3 is 2.68 bits per heavy atom. The third kappa shape index (κ3) is 3.95. The number of rotatable bonds is 6. The van der Waals surface area contributed by atoms with E-state index in [1.807, 2.05) is 54.0 Å². The van der Waals surface area contributed by atoms with Crippen LogP contribution in [-0.4, -0.2) is 34.2 Å². The number of benzene rings is 1. The molecular weight excluding hydrogens is 276 g/mol. The van der Waals surface area contributed by atoms with Crippen molar-refractivity contribution in [2.75, 3.05) is 18.9 Å². The van der Waals surface area contributed by atoms with E-state index in [0.29, 0.717) is 13.1 Å². The number of amides is 1. The smallest absolute Gasteiger partial charge is 0.238 e. The summed E-state index contributed by atoms with van der Waals surface area (Å²) in [5, 5.41) is 7.29. The summed E-state index contributed by atoms with van der Waals surface area (Å²) in [5.74, 6) is -0.00247. The van der Waals surface area contributed by atoms with Crippen LogP contribution in [0.15, 0.2) is 30.5 Å². The molecule has 22 heavy (non-hydrogen) atoms. The molecule has 1 aromatic heterocycles. The van der Waals surface area contributed by atoms with Gasteiger partial charge in [0.05, 0.1) is 12.7 Å². The minimum absolute atomic E-state index is 0.00247. The van der Waals surface area contributed by atoms with Gasteiger partial charge in [-0.3, -0.25) is 14.4 Å². The third-order valence-corrected chi connectivity index (χ3v) is 3.78. The Morgan fingerprint density at radius 2 is 2.05 bits per heavy atom. The Labute approximate surface area is 131 Å². The number of aromatic nitrogens is 2. The van der Waals surface area contributed by atoms with Crippen LogP contribution in [0, 0.1) is 13.8 Å². The first-order chi connectivity index (χ1) is 10.5. The van der Waals surface area contributed by atoms with Gasteiger partial charge in [0, 0.05) is 30.0 Å². The topological polar surface area (TPSA) is 50.2 Å². The first-order valence-electron chi connectivity index (χ1n) is 7.56. The van der Waals surface area contributed by atoms with Crippen molar-refractivity contribution in [3.63, 3.8) is 0 Å². The molecule has 0 unspecified atom stereocenters. The van der Waals surface area contributed by atoms with E-state index in [1.165, 1.54) is 0 Å². The largest absolute Gasteiger partial charge is 0.325 e. The summed E-state index contributed by atoms with van der Waals surface area (Å²) in [6.45, 7) is 8.06. The van der Waals surface area contributed by atoms with Crippen LogP contribution in [0.5, 0.6) is 0 Å². The Morgan fingerprint density at radius 1 is 1.32 bits per heavy atom. The van der Waals surface area contributed by atoms with Crippen molar-refractivity contribution >= 4 is 11.6 Å². The van der Waals surface area contributed by atoms with Crippen LogP contribution in [0.1, 0.15) is 23.7 Å². The van der Waals surface area contributed by atoms with Crippen LogP contribution in [-0.2, 0) is 17.9 Å². The van der Waals surface area contributed by atoms with Crippen LogP contribution in [0.4, 0.5) is 5.69 Å². The second-order valence-corrected chi connectivity index (χ2v) is 5.61. The number of carbonyl (C=O) groups is 1. The zero-order valence-corrected chi connectivity index (χ0v) is 13.8. The van der Waals surface area contributed by atoms with Crippen molar-refractivity contribution in [1.82, 2.24) is 14.7 Å². The summed E-state index contributed by atoms with van der Waals surface area (Å²) in [4.78, 5) is 14.1. The summed E-state index contributed by atoms with van der Waals surface area (Å²) >= 11 is 0. The Kier molecular flexibility index (Phi) is 5.33. The van der Waals surface area contributed by atoms with E-state index in [2.05, 4.69) is 24.3 Å². The molecule has 2 rings (SSSR count). The van der Waals surface area contributed by atoms with E-state index < -0.39 is 0 Å². The van der Waals surface area contributed by atoms with E-state index in [1.54, 1.807) is 0 Å². The van der Waals surface area contributed by atoms with E-state index >= 15 is 0 Å². The lowest BCUT2D eigenvalue weighted by Crippen LogP contribution is -2.30. The van der Waals surface area contributed by atoms with Crippen molar-refractivity contribution < 1.29 is 4.79 Å². The summed E-state index contributed by atoms with van der Waals surface area (Å²) in [5.41, 5.74) is 4.26. The molecule has 0 atom stereocenters. The van der Waals surface area contributed by atoms with Gasteiger partial charge in [-0.2, -0.15) is 5.10 Å². The fourth-order valence-electron chi connectivity index (χ4n) is 2.45. The molecule has 1 amide bonds. The van der Waals surface area contributed by atoms with Gasteiger partial charge in [0.15, 0.2) is 0 Å². The maximum atomic E-state index is 12.1. The maximum Gasteiger partial charge on any atom is 0.238 e. The Balaban J connectivity index is 1.91. The molecule has 0 bridgehead atoms. The fourth-order valence-corrected chi connectivity index (χ4v) is 2.45. The molecule has 0 fully saturated rings. The van der Waals surface area contributed by atoms with Gasteiger partial charge in [-0.05, 0) is 39.4 Å². The van der Waals surface area contributed by atoms with Gasteiger partial charge in [-0.1, -0.05) is 18.2 Å². The van der Waals surface area contributed by atoms with Crippen molar-refractivity contribution in [2.24, 2.45) is 0 Å². The minimum atomic E-state index is -0.00247. The Bertz CT molecular complexity index is 648. The van der Waals surface area contributed by atoms with Crippen molar-refractivity contribution in [3.8, 4) is 0 Å². The molecule has 0 aliphatic rings. The molecule has 0 saturated heterocycles. The molecule has 0 saturated carbocycles. The average molecular weight is 300 g/mol. The number of hydrogen-bond donors (Lipinski definition) is 1. The van der Waals surface area contributed by atoms with Gasteiger partial charge in [0.25, 0.3) is 0 Å². The highest BCUT2D eigenvalue weighted by molar-refractivity contribution is 5.92. The van der Waals surface area contributed by atoms with E-state index in [9.17, 15) is 4.79 Å². The van der Waals surface area contributed by atoms with Crippen molar-refractivity contribution in [3.05, 3.63) is 47.3 Å². The normalized spacial score (nSPS) is 11.0. The molecular formula is C17H24N4O. The number of carbonyl (C=O) groups excluding carboxylic acids is 1. The third-order valence-electron chi connectivity index (χ3n) is 3.78. The number of anilines is 1. The lowest BCUT2D eigenvalue weighted by Gasteiger charge is -2.16. The van der Waals surface area contributed by atoms with Crippen LogP contribution < -0.4 is 5.32 Å². The van der Waals surface area contributed by atoms with Gasteiger partial charge in [-0.25, -0.2) is 0 Å². The van der Waals surface area contributed by atoms with Crippen LogP contribution in [0.2, 0.25) is 0 Å². The minimum Gasteiger partial charge on any atom is -0.325 e. The number of para-hydroxylation sites is 1. The predicted molar refractivity (Wildman–Crippen MR) is 88.8 cm³/mol. The molecule has 0 aliphatic heterocycles. The van der Waals surface area contributed by atoms with Gasteiger partial charge < -0.3 is 5.32 Å². The molecule has 0 spiro atoms. The molecule has 1 N–H and O–H groups in total. The maximum absolute atomic E-state index is 12.1. The summed E-state index contributed by atoms with van der Waals surface area (Å²) < 4.78 is 1.97. The number of nitrogens with one attached hydrogen (secondary N) is 1. The Hall–Kier alpha value is -2.14. The highest BCUT2D eigenvalue weighted by Crippen LogP contribution is 2.13. The second-order valence-electron chi connectivity index (χ2n) is 5.61. The molecule has 118 valence electrons. The molecule has 1 aromatic carbocycles. The van der Waals surface area contributed by atoms with E-state index in [0.717, 1.165) is 29.1 Å². The number of nitrogens with zero attached hydrogens (tertiary/aromatic N) is 3. The SMILES string of the molecule is CCn1ncc(CN(C)CC(=O)Nc2ccccc2C)c1C. The summed E-state index contributed by atoms with van der Waals surface area (Å²) in [6, 6.07) is 7.80. The number of likely N-dealkylation sites (N-methyl/N-ethyl adjacent to an activating group) is 1. The van der Waals surface area contributed by atoms with Crippen LogP contribution >= 0.6 is 0 Å². The number of aryl methyl sites for hydroxylation is 2. The number of hydrogen-bond acceptors (Lipinski definition) is 3. The average Bonchev–Trinajstić information content (AvgIpc) is 2.82. The summed E-state index contributed by atoms with van der Waals surface area (Å²) in [7, 11) is 1.94. The predicted octanol–water partition coefficient (Wildman–Crippen LogP) is 2.59. The van der Waals surface area contributed by atoms with E-state index in [-0.39, 0.29) is 5.91 Å². The lowest BCUT2D eigenvalue weighted by molar-refractivity contribution is -0.117. The molecule has 5 nitrogen and oxygen atoms in total. The highest BCUT2D eigenvalue weighted by atomic mass is 16.2. The molecule has 5 heteroatoms. The molecule has 0 aliphatic carbocycles. The van der Waals surface area contributed by atoms with Crippen molar-refractivity contribution in [1.29, 1.82) is 0 Å². The molecule has 0 radical (unpaired) electrons. The zero-order chi connectivity index (χ0) is 16.1. The quantitative estimate of drug-likeness (QED) is 0.892. The first-order valence-corrected chi connectivity index (χ1v) is 7.56. The van der Waals surface area contributed by atoms with E-state index in [4.69, 9.17) is 0 Å². The standard InChI is InChI=1S/C17H24N4O/c1-5-21-14(3)15(10-18-21)11-20(4)12-17(22)19-16-9-7-6-8-13(16)2/h6-10H,5,11-12H2,1-4H3,(H,19,22). The highest BCUT2D eigenvalue weighted by Gasteiger charge is 2.11. The zero-order valence-electron chi connectivity index (χ0n) is 13.8. The molecule has 1 heterocycles. The monoisotopic (exact) mass is 300 g/mol. The van der Waals surface area contributed by atoms with Gasteiger partial charge >= 0.3 is 0 Å². The van der Waals surface area contributed by atoms with Crippen LogP contribution in [0.3, 0.4) is 0 Å². The lowest BCUT2D eigenvalue weighted by atomic mass is 10.2. The fraction of sp³-hybridized carbons (Fsp3) is 0.412. The molecule has 2 aromatic rings. The second kappa shape index (κ2) is 7.22. The summed E-state index contributed by atoms with van der Waals surface area (Å²) in [6.07, 6.45) is 1.88. The van der Waals surface area contributed by atoms with Crippen LogP contribution in [0.25, 0.3) is 0 Å². The van der Waals surface area contributed by atoms with Gasteiger partial charge in [-0.15, -0.1) is 0 Å². The van der Waals surface area contributed by atoms with Gasteiger partial charge in [0.1, 0.15) is 0 Å². The van der Waals surface area contributed by atoms with Gasteiger partial charge in [0.2, 0.25) is 5.91 Å². The van der Waals surface area contributed by atoms with Crippen molar-refractivity contribution in [2.45, 2.75) is 33.9 Å².